The largest absolute Gasteiger partial charge is 0.352 e. The number of carbonyl (C=O) groups excluding carboxylic acids is 1. The molecule has 4 heteroatoms. The molecular formula is C14H26N2OS. The summed E-state index contributed by atoms with van der Waals surface area (Å²) in [6, 6.07) is 0.923. The second-order valence-electron chi connectivity index (χ2n) is 5.75. The van der Waals surface area contributed by atoms with Crippen LogP contribution in [0.4, 0.5) is 0 Å². The molecule has 0 spiro atoms. The van der Waals surface area contributed by atoms with Crippen molar-refractivity contribution in [1.82, 2.24) is 10.6 Å². The summed E-state index contributed by atoms with van der Waals surface area (Å²) in [4.78, 5) is 12.1. The predicted octanol–water partition coefficient (Wildman–Crippen LogP) is 2.31. The standard InChI is InChI=1S/C14H26N2OS/c1-10(14(17)16-11-5-3-4-6-11)15-12-7-8-13(9-12)18-2/h10-13,15H,3-9H2,1-2H3,(H,16,17). The molecule has 2 fully saturated rings. The molecule has 0 aromatic heterocycles. The molecule has 104 valence electrons. The zero-order valence-corrected chi connectivity index (χ0v) is 12.4. The van der Waals surface area contributed by atoms with E-state index in [4.69, 9.17) is 0 Å². The van der Waals surface area contributed by atoms with Gasteiger partial charge in [-0.2, -0.15) is 11.8 Å². The van der Waals surface area contributed by atoms with Gasteiger partial charge in [0.05, 0.1) is 6.04 Å². The Morgan fingerprint density at radius 3 is 2.50 bits per heavy atom. The van der Waals surface area contributed by atoms with Crippen LogP contribution in [0, 0.1) is 0 Å². The van der Waals surface area contributed by atoms with Crippen LogP contribution in [0.3, 0.4) is 0 Å². The molecule has 2 aliphatic carbocycles. The first kappa shape index (κ1) is 14.2. The van der Waals surface area contributed by atoms with Crippen molar-refractivity contribution >= 4 is 17.7 Å². The Morgan fingerprint density at radius 2 is 1.89 bits per heavy atom. The second kappa shape index (κ2) is 6.80. The third kappa shape index (κ3) is 3.89. The van der Waals surface area contributed by atoms with E-state index in [0.717, 1.165) is 18.1 Å². The van der Waals surface area contributed by atoms with Crippen LogP contribution in [0.1, 0.15) is 51.9 Å². The van der Waals surface area contributed by atoms with Crippen LogP contribution in [-0.4, -0.2) is 35.5 Å². The highest BCUT2D eigenvalue weighted by atomic mass is 32.2. The maximum Gasteiger partial charge on any atom is 0.237 e. The normalized spacial score (nSPS) is 30.6. The van der Waals surface area contributed by atoms with Crippen LogP contribution in [0.25, 0.3) is 0 Å². The average Bonchev–Trinajstić information content (AvgIpc) is 3.00. The first-order valence-electron chi connectivity index (χ1n) is 7.28. The van der Waals surface area contributed by atoms with Crippen LogP contribution >= 0.6 is 11.8 Å². The maximum absolute atomic E-state index is 12.1. The number of nitrogens with one attached hydrogen (secondary N) is 2. The van der Waals surface area contributed by atoms with Crippen LogP contribution in [0.2, 0.25) is 0 Å². The molecule has 2 rings (SSSR count). The summed E-state index contributed by atoms with van der Waals surface area (Å²) in [6.07, 6.45) is 10.8. The highest BCUT2D eigenvalue weighted by Crippen LogP contribution is 2.28. The van der Waals surface area contributed by atoms with Crippen LogP contribution in [0.5, 0.6) is 0 Å². The molecule has 18 heavy (non-hydrogen) atoms. The Balaban J connectivity index is 1.70. The molecule has 3 nitrogen and oxygen atoms in total. The van der Waals surface area contributed by atoms with Crippen LogP contribution < -0.4 is 10.6 Å². The lowest BCUT2D eigenvalue weighted by atomic mass is 10.2. The lowest BCUT2D eigenvalue weighted by Gasteiger charge is -2.21. The first-order valence-corrected chi connectivity index (χ1v) is 8.57. The van der Waals surface area contributed by atoms with Gasteiger partial charge < -0.3 is 10.6 Å². The second-order valence-corrected chi connectivity index (χ2v) is 6.88. The third-order valence-electron chi connectivity index (χ3n) is 4.30. The lowest BCUT2D eigenvalue weighted by molar-refractivity contribution is -0.123. The van der Waals surface area contributed by atoms with Gasteiger partial charge in [-0.1, -0.05) is 12.8 Å². The fraction of sp³-hybridized carbons (Fsp3) is 0.929. The van der Waals surface area contributed by atoms with E-state index in [1.807, 2.05) is 18.7 Å². The van der Waals surface area contributed by atoms with Crippen molar-refractivity contribution in [2.24, 2.45) is 0 Å². The van der Waals surface area contributed by atoms with E-state index in [1.54, 1.807) is 0 Å². The SMILES string of the molecule is CSC1CCC(NC(C)C(=O)NC2CCCC2)C1. The number of hydrogen-bond donors (Lipinski definition) is 2. The number of amides is 1. The van der Waals surface area contributed by atoms with Gasteiger partial charge in [-0.25, -0.2) is 0 Å². The molecule has 0 aromatic carbocycles. The van der Waals surface area contributed by atoms with Gasteiger partial charge in [-0.15, -0.1) is 0 Å². The summed E-state index contributed by atoms with van der Waals surface area (Å²) in [5, 5.41) is 7.45. The average molecular weight is 270 g/mol. The summed E-state index contributed by atoms with van der Waals surface area (Å²) >= 11 is 1.96. The Bertz CT molecular complexity index is 279. The zero-order valence-electron chi connectivity index (χ0n) is 11.6. The van der Waals surface area contributed by atoms with E-state index in [1.165, 1.54) is 32.1 Å². The molecule has 2 saturated carbocycles. The minimum atomic E-state index is -0.0452. The highest BCUT2D eigenvalue weighted by Gasteiger charge is 2.27. The first-order chi connectivity index (χ1) is 8.69. The molecule has 0 heterocycles. The van der Waals surface area contributed by atoms with Crippen molar-refractivity contribution in [3.05, 3.63) is 0 Å². The molecule has 3 atom stereocenters. The summed E-state index contributed by atoms with van der Waals surface area (Å²) in [5.74, 6) is 0.189. The lowest BCUT2D eigenvalue weighted by Crippen LogP contribution is -2.48. The van der Waals surface area contributed by atoms with E-state index in [2.05, 4.69) is 16.9 Å². The van der Waals surface area contributed by atoms with E-state index in [-0.39, 0.29) is 11.9 Å². The number of carbonyl (C=O) groups is 1. The smallest absolute Gasteiger partial charge is 0.237 e. The van der Waals surface area contributed by atoms with Gasteiger partial charge in [0.25, 0.3) is 0 Å². The predicted molar refractivity (Wildman–Crippen MR) is 77.9 cm³/mol. The molecule has 0 aromatic rings. The molecule has 3 unspecified atom stereocenters. The van der Waals surface area contributed by atoms with Crippen molar-refractivity contribution in [1.29, 1.82) is 0 Å². The van der Waals surface area contributed by atoms with Gasteiger partial charge >= 0.3 is 0 Å². The van der Waals surface area contributed by atoms with Crippen molar-refractivity contribution in [3.8, 4) is 0 Å². The van der Waals surface area contributed by atoms with E-state index >= 15 is 0 Å². The van der Waals surface area contributed by atoms with E-state index < -0.39 is 0 Å². The van der Waals surface area contributed by atoms with Gasteiger partial charge in [-0.3, -0.25) is 4.79 Å². The summed E-state index contributed by atoms with van der Waals surface area (Å²) in [6.45, 7) is 2.00. The molecule has 0 radical (unpaired) electrons. The van der Waals surface area contributed by atoms with Crippen LogP contribution in [0.15, 0.2) is 0 Å². The molecular weight excluding hydrogens is 244 g/mol. The molecule has 2 N–H and O–H groups in total. The van der Waals surface area contributed by atoms with Gasteiger partial charge in [0.1, 0.15) is 0 Å². The number of rotatable bonds is 5. The fourth-order valence-corrected chi connectivity index (χ4v) is 3.93. The summed E-state index contributed by atoms with van der Waals surface area (Å²) in [7, 11) is 0. The molecule has 1 amide bonds. The Kier molecular flexibility index (Phi) is 5.37. The van der Waals surface area contributed by atoms with Crippen molar-refractivity contribution in [2.75, 3.05) is 6.26 Å². The Hall–Kier alpha value is -0.220. The van der Waals surface area contributed by atoms with Crippen LogP contribution in [-0.2, 0) is 4.79 Å². The minimum absolute atomic E-state index is 0.0452. The van der Waals surface area contributed by atoms with Gasteiger partial charge in [0.2, 0.25) is 5.91 Å². The molecule has 0 aliphatic heterocycles. The van der Waals surface area contributed by atoms with Crippen molar-refractivity contribution in [3.63, 3.8) is 0 Å². The van der Waals surface area contributed by atoms with Crippen molar-refractivity contribution < 1.29 is 4.79 Å². The van der Waals surface area contributed by atoms with E-state index in [9.17, 15) is 4.79 Å². The van der Waals surface area contributed by atoms with Crippen molar-refractivity contribution in [2.45, 2.75) is 75.2 Å². The number of thioether (sulfide) groups is 1. The third-order valence-corrected chi connectivity index (χ3v) is 5.39. The van der Waals surface area contributed by atoms with E-state index in [0.29, 0.717) is 12.1 Å². The van der Waals surface area contributed by atoms with Gasteiger partial charge in [0.15, 0.2) is 0 Å². The molecule has 2 aliphatic rings. The quantitative estimate of drug-likeness (QED) is 0.805. The molecule has 0 saturated heterocycles. The Morgan fingerprint density at radius 1 is 1.17 bits per heavy atom. The minimum Gasteiger partial charge on any atom is -0.352 e. The van der Waals surface area contributed by atoms with Gasteiger partial charge in [-0.05, 0) is 45.3 Å². The summed E-state index contributed by atoms with van der Waals surface area (Å²) in [5.41, 5.74) is 0. The number of hydrogen-bond acceptors (Lipinski definition) is 3. The highest BCUT2D eigenvalue weighted by molar-refractivity contribution is 7.99. The fourth-order valence-electron chi connectivity index (χ4n) is 3.13. The zero-order chi connectivity index (χ0) is 13.0. The maximum atomic E-state index is 12.1. The summed E-state index contributed by atoms with van der Waals surface area (Å²) < 4.78 is 0. The van der Waals surface area contributed by atoms with Gasteiger partial charge in [0, 0.05) is 17.3 Å². The Labute approximate surface area is 115 Å². The topological polar surface area (TPSA) is 41.1 Å². The monoisotopic (exact) mass is 270 g/mol. The molecule has 0 bridgehead atoms.